The second-order valence-corrected chi connectivity index (χ2v) is 29.9. The molecule has 6 aliphatic rings. The number of hydrogen-bond acceptors (Lipinski definition) is 4. The van der Waals surface area contributed by atoms with Crippen LogP contribution in [0.3, 0.4) is 0 Å². The zero-order valence-electron chi connectivity index (χ0n) is 51.3. The lowest BCUT2D eigenvalue weighted by molar-refractivity contribution is 0.256. The maximum atomic E-state index is 2.89. The Hall–Kier alpha value is -6.30. The second kappa shape index (κ2) is 19.4. The molecule has 6 aromatic carbocycles. The first-order valence-corrected chi connectivity index (χ1v) is 31.7. The summed E-state index contributed by atoms with van der Waals surface area (Å²) in [6.45, 7) is 36.3. The third-order valence-electron chi connectivity index (χ3n) is 20.5. The number of rotatable bonds is 9. The minimum absolute atomic E-state index is 0.0185. The Bertz CT molecular complexity index is 3740. The van der Waals surface area contributed by atoms with Crippen molar-refractivity contribution in [3.63, 3.8) is 0 Å². The third-order valence-corrected chi connectivity index (χ3v) is 21.7. The summed E-state index contributed by atoms with van der Waals surface area (Å²) in [6, 6.07) is 44.4. The van der Waals surface area contributed by atoms with Gasteiger partial charge >= 0.3 is 0 Å². The normalized spacial score (nSPS) is 20.7. The zero-order chi connectivity index (χ0) is 56.8. The molecular formula is C76H86BN3S. The van der Waals surface area contributed by atoms with E-state index in [-0.39, 0.29) is 40.3 Å². The summed E-state index contributed by atoms with van der Waals surface area (Å²) in [6.07, 6.45) is 21.3. The van der Waals surface area contributed by atoms with Gasteiger partial charge in [-0.15, -0.1) is 11.3 Å². The molecule has 3 nitrogen and oxygen atoms in total. The topological polar surface area (TPSA) is 9.72 Å². The van der Waals surface area contributed by atoms with E-state index in [1.165, 1.54) is 119 Å². The summed E-state index contributed by atoms with van der Waals surface area (Å²) >= 11 is 2.09. The number of hydrogen-bond donors (Lipinski definition) is 0. The molecule has 1 aromatic heterocycles. The number of benzene rings is 6. The smallest absolute Gasteiger partial charge is 0.264 e. The van der Waals surface area contributed by atoms with E-state index in [1.807, 2.05) is 0 Å². The number of anilines is 8. The van der Waals surface area contributed by atoms with Crippen LogP contribution >= 0.6 is 11.3 Å². The molecule has 0 amide bonds. The summed E-state index contributed by atoms with van der Waals surface area (Å²) in [4.78, 5) is 8.13. The van der Waals surface area contributed by atoms with E-state index in [0.717, 1.165) is 29.9 Å². The van der Waals surface area contributed by atoms with Gasteiger partial charge in [0.05, 0.1) is 11.7 Å². The molecule has 4 aliphatic carbocycles. The van der Waals surface area contributed by atoms with Crippen LogP contribution in [0.1, 0.15) is 198 Å². The predicted molar refractivity (Wildman–Crippen MR) is 354 cm³/mol. The van der Waals surface area contributed by atoms with Crippen LogP contribution in [0.2, 0.25) is 0 Å². The molecule has 2 aliphatic heterocycles. The molecule has 2 atom stereocenters. The van der Waals surface area contributed by atoms with E-state index >= 15 is 0 Å². The molecule has 414 valence electrons. The number of aryl methyl sites for hydroxylation is 1. The molecule has 13 rings (SSSR count). The highest BCUT2D eigenvalue weighted by Crippen LogP contribution is 2.57. The van der Waals surface area contributed by atoms with Crippen molar-refractivity contribution in [2.45, 2.75) is 183 Å². The zero-order valence-corrected chi connectivity index (χ0v) is 52.1. The van der Waals surface area contributed by atoms with Crippen LogP contribution in [0.15, 0.2) is 157 Å². The first-order valence-electron chi connectivity index (χ1n) is 30.9. The monoisotopic (exact) mass is 1080 g/mol. The second-order valence-electron chi connectivity index (χ2n) is 28.8. The molecule has 5 heteroatoms. The number of nitrogens with zero attached hydrogens (tertiary/aromatic N) is 3. The van der Waals surface area contributed by atoms with Gasteiger partial charge in [-0.2, -0.15) is 0 Å². The van der Waals surface area contributed by atoms with Gasteiger partial charge in [0.1, 0.15) is 0 Å². The molecule has 2 unspecified atom stereocenters. The Labute approximate surface area is 490 Å². The lowest BCUT2D eigenvalue weighted by Gasteiger charge is -2.49. The van der Waals surface area contributed by atoms with Gasteiger partial charge in [0.2, 0.25) is 0 Å². The van der Waals surface area contributed by atoms with Gasteiger partial charge < -0.3 is 14.7 Å². The summed E-state index contributed by atoms with van der Waals surface area (Å²) in [7, 11) is 0. The maximum Gasteiger partial charge on any atom is 0.264 e. The van der Waals surface area contributed by atoms with Gasteiger partial charge in [-0.25, -0.2) is 0 Å². The molecule has 0 fully saturated rings. The highest BCUT2D eigenvalue weighted by molar-refractivity contribution is 7.33. The highest BCUT2D eigenvalue weighted by Gasteiger charge is 2.49. The fourth-order valence-corrected chi connectivity index (χ4v) is 16.6. The van der Waals surface area contributed by atoms with Gasteiger partial charge in [-0.05, 0) is 207 Å². The van der Waals surface area contributed by atoms with Crippen molar-refractivity contribution in [1.82, 2.24) is 0 Å². The maximum absolute atomic E-state index is 2.89. The van der Waals surface area contributed by atoms with Crippen molar-refractivity contribution in [1.29, 1.82) is 0 Å². The van der Waals surface area contributed by atoms with Gasteiger partial charge in [0.15, 0.2) is 0 Å². The molecular weight excluding hydrogens is 998 g/mol. The van der Waals surface area contributed by atoms with E-state index < -0.39 is 0 Å². The molecule has 0 saturated carbocycles. The Balaban J connectivity index is 1.11. The van der Waals surface area contributed by atoms with Crippen LogP contribution in [0, 0.1) is 17.8 Å². The van der Waals surface area contributed by atoms with Gasteiger partial charge in [-0.1, -0.05) is 181 Å². The van der Waals surface area contributed by atoms with Crippen molar-refractivity contribution >= 4 is 89.3 Å². The third kappa shape index (κ3) is 8.87. The van der Waals surface area contributed by atoms with Crippen LogP contribution in [0.5, 0.6) is 0 Å². The van der Waals surface area contributed by atoms with Crippen LogP contribution in [-0.2, 0) is 10.8 Å². The fourth-order valence-electron chi connectivity index (χ4n) is 15.2. The van der Waals surface area contributed by atoms with E-state index in [0.29, 0.717) is 17.8 Å². The Morgan fingerprint density at radius 1 is 0.568 bits per heavy atom. The summed E-state index contributed by atoms with van der Waals surface area (Å²) in [5.74, 6) is 1.53. The van der Waals surface area contributed by atoms with E-state index in [2.05, 4.69) is 276 Å². The Morgan fingerprint density at radius 3 is 1.79 bits per heavy atom. The van der Waals surface area contributed by atoms with Crippen LogP contribution in [0.4, 0.5) is 45.5 Å². The molecule has 81 heavy (non-hydrogen) atoms. The largest absolute Gasteiger partial charge is 0.334 e. The van der Waals surface area contributed by atoms with Crippen molar-refractivity contribution < 1.29 is 0 Å². The minimum atomic E-state index is 0.0185. The molecule has 0 bridgehead atoms. The van der Waals surface area contributed by atoms with Crippen molar-refractivity contribution in [3.05, 3.63) is 196 Å². The first-order chi connectivity index (χ1) is 38.5. The summed E-state index contributed by atoms with van der Waals surface area (Å²) < 4.78 is 2.90. The molecule has 0 radical (unpaired) electrons. The Morgan fingerprint density at radius 2 is 1.16 bits per heavy atom. The van der Waals surface area contributed by atoms with Crippen molar-refractivity contribution in [2.75, 3.05) is 14.7 Å². The van der Waals surface area contributed by atoms with Crippen molar-refractivity contribution in [3.8, 4) is 0 Å². The highest BCUT2D eigenvalue weighted by atomic mass is 32.1. The number of allylic oxidation sites excluding steroid dienone is 6. The SMILES string of the molecule is Cc1cc2c3c(c1)N(C1C=CC4=C(C1)C(C)(C)CCC4(C)C)c1c(sc4cc5c(cc14)C(C)(C)CCC5(C)C)B3c1ccc(N(c3ccc(C(C)C)cc3)c3ccc(C(C)C)cc3)cc1N2c1ccc(C(C)C)cc1C1C=CC=CC1. The lowest BCUT2D eigenvalue weighted by Crippen LogP contribution is -2.62. The first kappa shape index (κ1) is 54.0. The predicted octanol–water partition coefficient (Wildman–Crippen LogP) is 20.2. The average molecular weight is 1080 g/mol. The van der Waals surface area contributed by atoms with Crippen LogP contribution < -0.4 is 30.4 Å². The molecule has 0 saturated heterocycles. The number of thiophene rings is 1. The van der Waals surface area contributed by atoms with Crippen LogP contribution in [-0.4, -0.2) is 12.8 Å². The van der Waals surface area contributed by atoms with E-state index in [9.17, 15) is 0 Å². The molecule has 7 aromatic rings. The minimum Gasteiger partial charge on any atom is -0.334 e. The lowest BCUT2D eigenvalue weighted by atomic mass is 9.36. The fraction of sp³-hybridized carbons (Fsp3) is 0.395. The quantitative estimate of drug-likeness (QED) is 0.133. The van der Waals surface area contributed by atoms with E-state index in [1.54, 1.807) is 11.1 Å². The molecule has 0 N–H and O–H groups in total. The summed E-state index contributed by atoms with van der Waals surface area (Å²) in [5, 5.41) is 1.43. The van der Waals surface area contributed by atoms with Crippen molar-refractivity contribution in [2.24, 2.45) is 10.8 Å². The number of fused-ring (bicyclic) bond motifs is 7. The summed E-state index contributed by atoms with van der Waals surface area (Å²) in [5.41, 5.74) is 26.4. The Kier molecular flexibility index (Phi) is 12.9. The van der Waals surface area contributed by atoms with Gasteiger partial charge in [0, 0.05) is 60.6 Å². The molecule has 0 spiro atoms. The van der Waals surface area contributed by atoms with Crippen LogP contribution in [0.25, 0.3) is 10.1 Å². The standard InChI is InChI=1S/C76H86BN3S/c1-46(2)50-21-26-54(27-22-50)78(55-28-23-51(24-29-55)47(3)4)57-31-33-64-66(43-57)80(65-34-25-53(48(5)6)41-58(65)52-19-17-16-18-20-52)68-40-49(7)39-67-70(68)77(64)72-71(59-44-62-63(45-69(59)81-72)76(14,15)38-37-75(62,12)13)79(67)56-30-32-60-61(42-56)74(10,11)36-35-73(60,8)9/h16-19,21-34,39-41,43-48,52,56H,20,35-38,42H2,1-15H3. The molecule has 3 heterocycles. The van der Waals surface area contributed by atoms with Gasteiger partial charge in [-0.3, -0.25) is 0 Å². The van der Waals surface area contributed by atoms with E-state index in [4.69, 9.17) is 0 Å². The average Bonchev–Trinajstić information content (AvgIpc) is 2.31. The van der Waals surface area contributed by atoms with Gasteiger partial charge in [0.25, 0.3) is 6.71 Å².